The second-order valence-electron chi connectivity index (χ2n) is 4.57. The van der Waals surface area contributed by atoms with E-state index in [1.54, 1.807) is 6.07 Å². The predicted octanol–water partition coefficient (Wildman–Crippen LogP) is 1.91. The molecule has 0 amide bonds. The first-order chi connectivity index (χ1) is 9.41. The van der Waals surface area contributed by atoms with E-state index in [0.717, 1.165) is 0 Å². The third kappa shape index (κ3) is 4.79. The van der Waals surface area contributed by atoms with Crippen LogP contribution in [0.1, 0.15) is 36.8 Å². The number of aliphatic carboxylic acids is 2. The zero-order valence-electron chi connectivity index (χ0n) is 11.0. The summed E-state index contributed by atoms with van der Waals surface area (Å²) >= 11 is 0. The van der Waals surface area contributed by atoms with Crippen molar-refractivity contribution in [3.8, 4) is 11.5 Å². The number of hydrogen-bond donors (Lipinski definition) is 4. The van der Waals surface area contributed by atoms with Crippen LogP contribution in [0.25, 0.3) is 0 Å². The molecule has 0 saturated carbocycles. The number of aromatic hydroxyl groups is 2. The van der Waals surface area contributed by atoms with Crippen molar-refractivity contribution in [3.05, 3.63) is 23.3 Å². The van der Waals surface area contributed by atoms with Gasteiger partial charge in [-0.15, -0.1) is 0 Å². The molecule has 6 nitrogen and oxygen atoms in total. The summed E-state index contributed by atoms with van der Waals surface area (Å²) in [5.41, 5.74) is 0.883. The molecule has 0 aliphatic heterocycles. The first-order valence-corrected chi connectivity index (χ1v) is 6.38. The molecule has 0 fully saturated rings. The monoisotopic (exact) mass is 282 g/mol. The zero-order chi connectivity index (χ0) is 15.1. The van der Waals surface area contributed by atoms with Crippen LogP contribution in [0, 0.1) is 0 Å². The van der Waals surface area contributed by atoms with Gasteiger partial charge < -0.3 is 20.4 Å². The molecule has 0 bridgehead atoms. The average Bonchev–Trinajstić information content (AvgIpc) is 2.35. The third-order valence-electron chi connectivity index (χ3n) is 3.00. The smallest absolute Gasteiger partial charge is 0.303 e. The van der Waals surface area contributed by atoms with Crippen molar-refractivity contribution in [1.29, 1.82) is 0 Å². The number of rotatable bonds is 8. The topological polar surface area (TPSA) is 115 Å². The minimum atomic E-state index is -0.929. The fourth-order valence-corrected chi connectivity index (χ4v) is 1.97. The fourth-order valence-electron chi connectivity index (χ4n) is 1.97. The molecule has 0 radical (unpaired) electrons. The second-order valence-corrected chi connectivity index (χ2v) is 4.57. The van der Waals surface area contributed by atoms with Gasteiger partial charge in [-0.05, 0) is 37.3 Å². The lowest BCUT2D eigenvalue weighted by Crippen LogP contribution is -1.99. The summed E-state index contributed by atoms with van der Waals surface area (Å²) in [4.78, 5) is 20.9. The predicted molar refractivity (Wildman–Crippen MR) is 70.9 cm³/mol. The van der Waals surface area contributed by atoms with Crippen LogP contribution in [0.15, 0.2) is 12.1 Å². The van der Waals surface area contributed by atoms with Crippen molar-refractivity contribution < 1.29 is 30.0 Å². The van der Waals surface area contributed by atoms with Gasteiger partial charge in [0.1, 0.15) is 11.5 Å². The molecule has 6 heteroatoms. The van der Waals surface area contributed by atoms with E-state index in [1.165, 1.54) is 6.07 Å². The summed E-state index contributed by atoms with van der Waals surface area (Å²) in [6, 6.07) is 2.99. The van der Waals surface area contributed by atoms with E-state index in [2.05, 4.69) is 0 Å². The Morgan fingerprint density at radius 2 is 1.45 bits per heavy atom. The molecule has 0 heterocycles. The van der Waals surface area contributed by atoms with Crippen LogP contribution in [0.3, 0.4) is 0 Å². The molecule has 1 rings (SSSR count). The first-order valence-electron chi connectivity index (χ1n) is 6.38. The Kier molecular flexibility index (Phi) is 5.83. The van der Waals surface area contributed by atoms with Crippen molar-refractivity contribution >= 4 is 11.9 Å². The molecule has 1 aromatic rings. The Morgan fingerprint density at radius 3 is 2.00 bits per heavy atom. The molecule has 0 unspecified atom stereocenters. The minimum Gasteiger partial charge on any atom is -0.508 e. The highest BCUT2D eigenvalue weighted by Crippen LogP contribution is 2.32. The number of carboxylic acids is 2. The largest absolute Gasteiger partial charge is 0.508 e. The van der Waals surface area contributed by atoms with E-state index in [9.17, 15) is 19.8 Å². The number of aryl methyl sites for hydroxylation is 1. The molecule has 1 aromatic carbocycles. The van der Waals surface area contributed by atoms with E-state index >= 15 is 0 Å². The maximum Gasteiger partial charge on any atom is 0.303 e. The number of carboxylic acid groups (broad SMARTS) is 2. The fraction of sp³-hybridized carbons (Fsp3) is 0.429. The van der Waals surface area contributed by atoms with Crippen LogP contribution in [0.5, 0.6) is 11.5 Å². The first kappa shape index (κ1) is 15.8. The van der Waals surface area contributed by atoms with Gasteiger partial charge >= 0.3 is 11.9 Å². The van der Waals surface area contributed by atoms with Crippen LogP contribution < -0.4 is 0 Å². The number of carbonyl (C=O) groups is 2. The van der Waals surface area contributed by atoms with E-state index in [1.807, 2.05) is 0 Å². The van der Waals surface area contributed by atoms with Crippen LogP contribution in [0.2, 0.25) is 0 Å². The molecule has 0 atom stereocenters. The molecular weight excluding hydrogens is 264 g/mol. The van der Waals surface area contributed by atoms with Crippen molar-refractivity contribution in [2.75, 3.05) is 0 Å². The number of phenols is 2. The quantitative estimate of drug-likeness (QED) is 0.579. The molecule has 4 N–H and O–H groups in total. The Labute approximate surface area is 116 Å². The van der Waals surface area contributed by atoms with Crippen LogP contribution in [-0.4, -0.2) is 32.4 Å². The Hall–Kier alpha value is -2.24. The SMILES string of the molecule is O=C(O)CCCc1ccc(O)c(CCCC(=O)O)c1O. The molecule has 0 saturated heterocycles. The average molecular weight is 282 g/mol. The van der Waals surface area contributed by atoms with E-state index < -0.39 is 11.9 Å². The van der Waals surface area contributed by atoms with Crippen molar-refractivity contribution in [2.45, 2.75) is 38.5 Å². The summed E-state index contributed by atoms with van der Waals surface area (Å²) in [6.45, 7) is 0. The van der Waals surface area contributed by atoms with Crippen molar-refractivity contribution in [3.63, 3.8) is 0 Å². The Balaban J connectivity index is 2.73. The van der Waals surface area contributed by atoms with E-state index in [4.69, 9.17) is 10.2 Å². The van der Waals surface area contributed by atoms with Crippen molar-refractivity contribution in [1.82, 2.24) is 0 Å². The molecule has 0 aromatic heterocycles. The van der Waals surface area contributed by atoms with Gasteiger partial charge in [-0.1, -0.05) is 6.07 Å². The van der Waals surface area contributed by atoms with Gasteiger partial charge in [-0.25, -0.2) is 0 Å². The highest BCUT2D eigenvalue weighted by Gasteiger charge is 2.13. The molecule has 0 spiro atoms. The van der Waals surface area contributed by atoms with Gasteiger partial charge in [0.05, 0.1) is 0 Å². The molecule has 0 aliphatic rings. The lowest BCUT2D eigenvalue weighted by Gasteiger charge is -2.11. The van der Waals surface area contributed by atoms with Gasteiger partial charge in [0.15, 0.2) is 0 Å². The van der Waals surface area contributed by atoms with E-state index in [0.29, 0.717) is 30.4 Å². The van der Waals surface area contributed by atoms with Gasteiger partial charge in [0, 0.05) is 18.4 Å². The lowest BCUT2D eigenvalue weighted by atomic mass is 9.99. The summed E-state index contributed by atoms with van der Waals surface area (Å²) in [7, 11) is 0. The van der Waals surface area contributed by atoms with Gasteiger partial charge in [-0.2, -0.15) is 0 Å². The van der Waals surface area contributed by atoms with Crippen LogP contribution in [-0.2, 0) is 22.4 Å². The van der Waals surface area contributed by atoms with Crippen molar-refractivity contribution in [2.24, 2.45) is 0 Å². The number of hydrogen-bond acceptors (Lipinski definition) is 4. The van der Waals surface area contributed by atoms with Gasteiger partial charge in [0.25, 0.3) is 0 Å². The third-order valence-corrected chi connectivity index (χ3v) is 3.00. The maximum absolute atomic E-state index is 10.5. The van der Waals surface area contributed by atoms with Crippen LogP contribution >= 0.6 is 0 Å². The zero-order valence-corrected chi connectivity index (χ0v) is 11.0. The van der Waals surface area contributed by atoms with Gasteiger partial charge in [-0.3, -0.25) is 9.59 Å². The standard InChI is InChI=1S/C14H18O6/c15-11-8-7-9(3-1-5-12(16)17)14(20)10(11)4-2-6-13(18)19/h7-8,15,20H,1-6H2,(H,16,17)(H,18,19). The molecule has 110 valence electrons. The number of phenolic OH excluding ortho intramolecular Hbond substituents is 2. The summed E-state index contributed by atoms with van der Waals surface area (Å²) in [5, 5.41) is 36.9. The normalized spacial score (nSPS) is 10.4. The highest BCUT2D eigenvalue weighted by molar-refractivity contribution is 5.67. The van der Waals surface area contributed by atoms with Crippen LogP contribution in [0.4, 0.5) is 0 Å². The van der Waals surface area contributed by atoms with E-state index in [-0.39, 0.29) is 30.8 Å². The molecule has 0 aliphatic carbocycles. The lowest BCUT2D eigenvalue weighted by molar-refractivity contribution is -0.138. The number of benzene rings is 1. The Bertz CT molecular complexity index is 495. The second kappa shape index (κ2) is 7.37. The maximum atomic E-state index is 10.5. The molecule has 20 heavy (non-hydrogen) atoms. The minimum absolute atomic E-state index is 0.00860. The summed E-state index contributed by atoms with van der Waals surface area (Å²) in [6.07, 6.45) is 1.33. The summed E-state index contributed by atoms with van der Waals surface area (Å²) < 4.78 is 0. The van der Waals surface area contributed by atoms with Gasteiger partial charge in [0.2, 0.25) is 0 Å². The summed E-state index contributed by atoms with van der Waals surface area (Å²) in [5.74, 6) is -1.97. The molecular formula is C14H18O6. The highest BCUT2D eigenvalue weighted by atomic mass is 16.4. The Morgan fingerprint density at radius 1 is 0.900 bits per heavy atom.